The monoisotopic (exact) mass is 250 g/mol. The Morgan fingerprint density at radius 1 is 1.17 bits per heavy atom. The summed E-state index contributed by atoms with van der Waals surface area (Å²) < 4.78 is 5.99. The SMILES string of the molecule is CC(C)NCC(OCCN(C)C)c1ccccc1. The van der Waals surface area contributed by atoms with Crippen LogP contribution in [0.25, 0.3) is 0 Å². The number of nitrogens with zero attached hydrogens (tertiary/aromatic N) is 1. The summed E-state index contributed by atoms with van der Waals surface area (Å²) in [4.78, 5) is 2.14. The molecule has 1 atom stereocenters. The highest BCUT2D eigenvalue weighted by atomic mass is 16.5. The molecule has 0 bridgehead atoms. The van der Waals surface area contributed by atoms with Crippen LogP contribution < -0.4 is 5.32 Å². The number of ether oxygens (including phenoxy) is 1. The maximum Gasteiger partial charge on any atom is 0.0949 e. The van der Waals surface area contributed by atoms with Gasteiger partial charge in [-0.3, -0.25) is 0 Å². The minimum Gasteiger partial charge on any atom is -0.371 e. The van der Waals surface area contributed by atoms with Gasteiger partial charge in [0.25, 0.3) is 0 Å². The van der Waals surface area contributed by atoms with Gasteiger partial charge in [0, 0.05) is 19.1 Å². The van der Waals surface area contributed by atoms with Crippen LogP contribution in [0.1, 0.15) is 25.5 Å². The molecule has 0 aliphatic heterocycles. The molecule has 1 aromatic carbocycles. The lowest BCUT2D eigenvalue weighted by Crippen LogP contribution is -2.30. The zero-order valence-corrected chi connectivity index (χ0v) is 12.0. The van der Waals surface area contributed by atoms with Gasteiger partial charge in [-0.05, 0) is 19.7 Å². The lowest BCUT2D eigenvalue weighted by Gasteiger charge is -2.21. The zero-order valence-electron chi connectivity index (χ0n) is 12.0. The second-order valence-corrected chi connectivity index (χ2v) is 5.14. The highest BCUT2D eigenvalue weighted by molar-refractivity contribution is 5.17. The predicted molar refractivity (Wildman–Crippen MR) is 76.8 cm³/mol. The summed E-state index contributed by atoms with van der Waals surface area (Å²) in [6.45, 7) is 6.87. The molecule has 1 N–H and O–H groups in total. The maximum absolute atomic E-state index is 5.99. The first kappa shape index (κ1) is 15.2. The van der Waals surface area contributed by atoms with Gasteiger partial charge in [0.1, 0.15) is 0 Å². The quantitative estimate of drug-likeness (QED) is 0.766. The van der Waals surface area contributed by atoms with E-state index < -0.39 is 0 Å². The Bertz CT molecular complexity index is 312. The normalized spacial score (nSPS) is 13.2. The molecule has 3 nitrogen and oxygen atoms in total. The molecule has 1 rings (SSSR count). The zero-order chi connectivity index (χ0) is 13.4. The fraction of sp³-hybridized carbons (Fsp3) is 0.600. The van der Waals surface area contributed by atoms with Gasteiger partial charge < -0.3 is 15.0 Å². The summed E-state index contributed by atoms with van der Waals surface area (Å²) in [5, 5.41) is 3.44. The van der Waals surface area contributed by atoms with Crippen LogP contribution in [0, 0.1) is 0 Å². The third-order valence-electron chi connectivity index (χ3n) is 2.74. The van der Waals surface area contributed by atoms with Gasteiger partial charge in [-0.1, -0.05) is 44.2 Å². The van der Waals surface area contributed by atoms with E-state index in [1.54, 1.807) is 0 Å². The van der Waals surface area contributed by atoms with E-state index in [-0.39, 0.29) is 6.10 Å². The van der Waals surface area contributed by atoms with Crippen LogP contribution in [0.15, 0.2) is 30.3 Å². The van der Waals surface area contributed by atoms with Gasteiger partial charge in [0.15, 0.2) is 0 Å². The van der Waals surface area contributed by atoms with Crippen molar-refractivity contribution in [3.05, 3.63) is 35.9 Å². The van der Waals surface area contributed by atoms with Crippen LogP contribution in [-0.4, -0.2) is 44.7 Å². The number of hydrogen-bond acceptors (Lipinski definition) is 3. The lowest BCUT2D eigenvalue weighted by atomic mass is 10.1. The predicted octanol–water partition coefficient (Wildman–Crippen LogP) is 2.30. The summed E-state index contributed by atoms with van der Waals surface area (Å²) in [6, 6.07) is 10.9. The molecular weight excluding hydrogens is 224 g/mol. The van der Waals surface area contributed by atoms with Crippen molar-refractivity contribution >= 4 is 0 Å². The van der Waals surface area contributed by atoms with Crippen LogP contribution in [-0.2, 0) is 4.74 Å². The average molecular weight is 250 g/mol. The summed E-state index contributed by atoms with van der Waals surface area (Å²) >= 11 is 0. The Labute approximate surface area is 111 Å². The van der Waals surface area contributed by atoms with Crippen LogP contribution in [0.4, 0.5) is 0 Å². The van der Waals surface area contributed by atoms with E-state index in [4.69, 9.17) is 4.74 Å². The van der Waals surface area contributed by atoms with Crippen molar-refractivity contribution in [2.75, 3.05) is 33.8 Å². The van der Waals surface area contributed by atoms with Crippen LogP contribution in [0.5, 0.6) is 0 Å². The summed E-state index contributed by atoms with van der Waals surface area (Å²) in [7, 11) is 4.13. The van der Waals surface area contributed by atoms with Crippen molar-refractivity contribution in [2.45, 2.75) is 26.0 Å². The Balaban J connectivity index is 2.52. The van der Waals surface area contributed by atoms with Gasteiger partial charge in [0.05, 0.1) is 12.7 Å². The minimum atomic E-state index is 0.133. The summed E-state index contributed by atoms with van der Waals surface area (Å²) in [6.07, 6.45) is 0.133. The first-order valence-corrected chi connectivity index (χ1v) is 6.64. The molecule has 1 unspecified atom stereocenters. The van der Waals surface area contributed by atoms with Gasteiger partial charge in [-0.2, -0.15) is 0 Å². The number of rotatable bonds is 8. The minimum absolute atomic E-state index is 0.133. The van der Waals surface area contributed by atoms with E-state index in [9.17, 15) is 0 Å². The van der Waals surface area contributed by atoms with Crippen molar-refractivity contribution in [1.29, 1.82) is 0 Å². The maximum atomic E-state index is 5.99. The Morgan fingerprint density at radius 2 is 1.83 bits per heavy atom. The number of likely N-dealkylation sites (N-methyl/N-ethyl adjacent to an activating group) is 1. The third-order valence-corrected chi connectivity index (χ3v) is 2.74. The molecule has 102 valence electrons. The van der Waals surface area contributed by atoms with E-state index in [2.05, 4.69) is 62.4 Å². The molecule has 0 saturated heterocycles. The number of benzene rings is 1. The molecule has 0 amide bonds. The fourth-order valence-electron chi connectivity index (χ4n) is 1.66. The Morgan fingerprint density at radius 3 is 2.39 bits per heavy atom. The smallest absolute Gasteiger partial charge is 0.0949 e. The van der Waals surface area contributed by atoms with Crippen molar-refractivity contribution in [2.24, 2.45) is 0 Å². The molecule has 0 aliphatic rings. The summed E-state index contributed by atoms with van der Waals surface area (Å²) in [5.41, 5.74) is 1.24. The lowest BCUT2D eigenvalue weighted by molar-refractivity contribution is 0.0423. The van der Waals surface area contributed by atoms with Crippen LogP contribution >= 0.6 is 0 Å². The first-order chi connectivity index (χ1) is 8.59. The fourth-order valence-corrected chi connectivity index (χ4v) is 1.66. The van der Waals surface area contributed by atoms with E-state index in [0.717, 1.165) is 19.7 Å². The van der Waals surface area contributed by atoms with E-state index in [1.165, 1.54) is 5.56 Å². The first-order valence-electron chi connectivity index (χ1n) is 6.64. The van der Waals surface area contributed by atoms with Crippen molar-refractivity contribution in [3.8, 4) is 0 Å². The molecule has 0 spiro atoms. The molecule has 0 radical (unpaired) electrons. The van der Waals surface area contributed by atoms with E-state index in [0.29, 0.717) is 6.04 Å². The molecule has 3 heteroatoms. The topological polar surface area (TPSA) is 24.5 Å². The average Bonchev–Trinajstić information content (AvgIpc) is 2.34. The second kappa shape index (κ2) is 8.25. The highest BCUT2D eigenvalue weighted by Crippen LogP contribution is 2.16. The third kappa shape index (κ3) is 6.15. The number of hydrogen-bond donors (Lipinski definition) is 1. The van der Waals surface area contributed by atoms with Crippen molar-refractivity contribution < 1.29 is 4.74 Å². The molecule has 0 saturated carbocycles. The van der Waals surface area contributed by atoms with Gasteiger partial charge in [0.2, 0.25) is 0 Å². The van der Waals surface area contributed by atoms with E-state index >= 15 is 0 Å². The van der Waals surface area contributed by atoms with Crippen LogP contribution in [0.2, 0.25) is 0 Å². The number of nitrogens with one attached hydrogen (secondary N) is 1. The second-order valence-electron chi connectivity index (χ2n) is 5.14. The van der Waals surface area contributed by atoms with E-state index in [1.807, 2.05) is 6.07 Å². The van der Waals surface area contributed by atoms with Crippen molar-refractivity contribution in [3.63, 3.8) is 0 Å². The molecule has 0 heterocycles. The van der Waals surface area contributed by atoms with Gasteiger partial charge >= 0.3 is 0 Å². The molecule has 0 aliphatic carbocycles. The molecule has 18 heavy (non-hydrogen) atoms. The Kier molecular flexibility index (Phi) is 6.94. The summed E-state index contributed by atoms with van der Waals surface area (Å²) in [5.74, 6) is 0. The standard InChI is InChI=1S/C15H26N2O/c1-13(2)16-12-15(18-11-10-17(3)4)14-8-6-5-7-9-14/h5-9,13,15-16H,10-12H2,1-4H3. The molecular formula is C15H26N2O. The molecule has 1 aromatic rings. The highest BCUT2D eigenvalue weighted by Gasteiger charge is 2.12. The van der Waals surface area contributed by atoms with Gasteiger partial charge in [-0.15, -0.1) is 0 Å². The molecule has 0 aromatic heterocycles. The molecule has 0 fully saturated rings. The van der Waals surface area contributed by atoms with Gasteiger partial charge in [-0.25, -0.2) is 0 Å². The Hall–Kier alpha value is -0.900. The van der Waals surface area contributed by atoms with Crippen LogP contribution in [0.3, 0.4) is 0 Å². The largest absolute Gasteiger partial charge is 0.371 e. The van der Waals surface area contributed by atoms with Crippen molar-refractivity contribution in [1.82, 2.24) is 10.2 Å².